The van der Waals surface area contributed by atoms with E-state index in [0.29, 0.717) is 0 Å². The minimum absolute atomic E-state index is 0.975. The quantitative estimate of drug-likeness (QED) is 0.629. The molecule has 0 aliphatic heterocycles. The maximum Gasteiger partial charge on any atom is 0.0636 e. The van der Waals surface area contributed by atoms with Gasteiger partial charge in [-0.3, -0.25) is 4.99 Å². The molecule has 1 heterocycles. The van der Waals surface area contributed by atoms with Crippen molar-refractivity contribution in [3.8, 4) is 0 Å². The van der Waals surface area contributed by atoms with Crippen LogP contribution >= 0.6 is 0 Å². The molecular weight excluding hydrogens is 148 g/mol. The summed E-state index contributed by atoms with van der Waals surface area (Å²) in [6.07, 6.45) is 8.69. The number of aromatic nitrogens is 1. The summed E-state index contributed by atoms with van der Waals surface area (Å²) in [5.74, 6) is 0. The highest BCUT2D eigenvalue weighted by atomic mass is 14.7. The van der Waals surface area contributed by atoms with E-state index in [1.54, 1.807) is 0 Å². The van der Waals surface area contributed by atoms with Crippen LogP contribution in [0.4, 0.5) is 0 Å². The van der Waals surface area contributed by atoms with E-state index < -0.39 is 0 Å². The van der Waals surface area contributed by atoms with Crippen LogP contribution in [-0.4, -0.2) is 11.2 Å². The van der Waals surface area contributed by atoms with Crippen LogP contribution < -0.4 is 10.6 Å². The van der Waals surface area contributed by atoms with Gasteiger partial charge in [0, 0.05) is 12.4 Å². The molecule has 1 aromatic rings. The van der Waals surface area contributed by atoms with Gasteiger partial charge in [0.2, 0.25) is 0 Å². The van der Waals surface area contributed by atoms with E-state index in [1.165, 1.54) is 5.22 Å². The Balaban J connectivity index is 3.02. The average molecular weight is 162 g/mol. The third-order valence-electron chi connectivity index (χ3n) is 1.62. The van der Waals surface area contributed by atoms with Crippen LogP contribution in [0.1, 0.15) is 20.3 Å². The Morgan fingerprint density at radius 1 is 1.58 bits per heavy atom. The molecule has 0 unspecified atom stereocenters. The standard InChI is InChI=1S/C10H14N2/c1-3-6-11-8-10-9(4-2)5-7-12-10/h4-8,12H,3H2,1-2H3/b9-4-,10-8+,11-6-. The molecule has 12 heavy (non-hydrogen) atoms. The minimum atomic E-state index is 0.975. The Labute approximate surface area is 72.3 Å². The van der Waals surface area contributed by atoms with Crippen molar-refractivity contribution in [1.29, 1.82) is 0 Å². The fourth-order valence-electron chi connectivity index (χ4n) is 0.991. The maximum absolute atomic E-state index is 4.14. The SMILES string of the molecule is C/C=c1/cc[nH]/c1=C/N=C\CC. The summed E-state index contributed by atoms with van der Waals surface area (Å²) in [6, 6.07) is 2.04. The molecule has 0 bridgehead atoms. The van der Waals surface area contributed by atoms with Crippen molar-refractivity contribution in [2.24, 2.45) is 4.99 Å². The van der Waals surface area contributed by atoms with Crippen LogP contribution in [0.3, 0.4) is 0 Å². The van der Waals surface area contributed by atoms with Crippen molar-refractivity contribution in [3.63, 3.8) is 0 Å². The lowest BCUT2D eigenvalue weighted by Gasteiger charge is -1.77. The molecule has 0 spiro atoms. The van der Waals surface area contributed by atoms with Crippen LogP contribution in [0.15, 0.2) is 17.3 Å². The molecule has 0 saturated carbocycles. The molecule has 1 N–H and O–H groups in total. The minimum Gasteiger partial charge on any atom is -0.360 e. The maximum atomic E-state index is 4.14. The van der Waals surface area contributed by atoms with Crippen LogP contribution in [0.25, 0.3) is 12.3 Å². The van der Waals surface area contributed by atoms with Gasteiger partial charge in [-0.1, -0.05) is 13.0 Å². The summed E-state index contributed by atoms with van der Waals surface area (Å²) < 4.78 is 0. The second-order valence-corrected chi connectivity index (χ2v) is 2.50. The summed E-state index contributed by atoms with van der Waals surface area (Å²) in [4.78, 5) is 7.25. The largest absolute Gasteiger partial charge is 0.360 e. The number of hydrogen-bond donors (Lipinski definition) is 1. The van der Waals surface area contributed by atoms with Crippen molar-refractivity contribution in [2.45, 2.75) is 20.3 Å². The lowest BCUT2D eigenvalue weighted by molar-refractivity contribution is 1.29. The average Bonchev–Trinajstić information content (AvgIpc) is 2.52. The van der Waals surface area contributed by atoms with E-state index in [2.05, 4.69) is 23.0 Å². The highest BCUT2D eigenvalue weighted by Crippen LogP contribution is 1.71. The van der Waals surface area contributed by atoms with Crippen molar-refractivity contribution in [3.05, 3.63) is 22.8 Å². The Morgan fingerprint density at radius 2 is 2.42 bits per heavy atom. The normalized spacial score (nSPS) is 14.8. The van der Waals surface area contributed by atoms with Crippen LogP contribution in [0.5, 0.6) is 0 Å². The number of aromatic amines is 1. The van der Waals surface area contributed by atoms with E-state index in [9.17, 15) is 0 Å². The monoisotopic (exact) mass is 162 g/mol. The second-order valence-electron chi connectivity index (χ2n) is 2.50. The Morgan fingerprint density at radius 3 is 3.08 bits per heavy atom. The zero-order valence-electron chi connectivity index (χ0n) is 7.54. The molecule has 0 aliphatic carbocycles. The van der Waals surface area contributed by atoms with Gasteiger partial charge in [0.05, 0.1) is 11.5 Å². The lowest BCUT2D eigenvalue weighted by atomic mass is 10.4. The number of rotatable bonds is 2. The number of H-pyrrole nitrogens is 1. The molecule has 0 saturated heterocycles. The predicted molar refractivity (Wildman–Crippen MR) is 53.4 cm³/mol. The fourth-order valence-corrected chi connectivity index (χ4v) is 0.991. The summed E-state index contributed by atoms with van der Waals surface area (Å²) in [6.45, 7) is 4.09. The van der Waals surface area contributed by atoms with Gasteiger partial charge >= 0.3 is 0 Å². The van der Waals surface area contributed by atoms with Gasteiger partial charge in [-0.25, -0.2) is 0 Å². The van der Waals surface area contributed by atoms with Crippen molar-refractivity contribution in [2.75, 3.05) is 0 Å². The first-order chi connectivity index (χ1) is 5.88. The number of hydrogen-bond acceptors (Lipinski definition) is 1. The number of nitrogens with zero attached hydrogens (tertiary/aromatic N) is 1. The van der Waals surface area contributed by atoms with Crippen molar-refractivity contribution < 1.29 is 0 Å². The first-order valence-corrected chi connectivity index (χ1v) is 4.20. The van der Waals surface area contributed by atoms with Gasteiger partial charge in [-0.15, -0.1) is 0 Å². The van der Waals surface area contributed by atoms with Gasteiger partial charge in [-0.2, -0.15) is 0 Å². The summed E-state index contributed by atoms with van der Waals surface area (Å²) in [7, 11) is 0. The molecule has 64 valence electrons. The van der Waals surface area contributed by atoms with E-state index in [4.69, 9.17) is 0 Å². The van der Waals surface area contributed by atoms with E-state index in [1.807, 2.05) is 31.6 Å². The molecule has 0 amide bonds. The molecule has 0 radical (unpaired) electrons. The number of aliphatic imine (C=N–C) groups is 1. The molecule has 1 rings (SSSR count). The van der Waals surface area contributed by atoms with E-state index in [-0.39, 0.29) is 0 Å². The molecule has 1 aromatic heterocycles. The van der Waals surface area contributed by atoms with Gasteiger partial charge in [0.15, 0.2) is 0 Å². The molecule has 0 aromatic carbocycles. The topological polar surface area (TPSA) is 28.1 Å². The zero-order chi connectivity index (χ0) is 8.81. The van der Waals surface area contributed by atoms with E-state index >= 15 is 0 Å². The molecule has 0 fully saturated rings. The van der Waals surface area contributed by atoms with Crippen molar-refractivity contribution >= 4 is 18.5 Å². The first-order valence-electron chi connectivity index (χ1n) is 4.20. The summed E-state index contributed by atoms with van der Waals surface area (Å²) in [5.41, 5.74) is 0. The lowest BCUT2D eigenvalue weighted by Crippen LogP contribution is -2.20. The smallest absolute Gasteiger partial charge is 0.0636 e. The molecule has 2 heteroatoms. The highest BCUT2D eigenvalue weighted by molar-refractivity contribution is 5.60. The fraction of sp³-hybridized carbons (Fsp3) is 0.300. The highest BCUT2D eigenvalue weighted by Gasteiger charge is 1.80. The Bertz CT molecular complexity index is 357. The Hall–Kier alpha value is -1.31. The van der Waals surface area contributed by atoms with Gasteiger partial charge in [0.25, 0.3) is 0 Å². The Kier molecular flexibility index (Phi) is 3.33. The molecule has 0 aliphatic rings. The third-order valence-corrected chi connectivity index (χ3v) is 1.62. The second kappa shape index (κ2) is 4.54. The van der Waals surface area contributed by atoms with Crippen LogP contribution in [0.2, 0.25) is 0 Å². The van der Waals surface area contributed by atoms with Gasteiger partial charge in [-0.05, 0) is 24.6 Å². The van der Waals surface area contributed by atoms with Crippen LogP contribution in [-0.2, 0) is 0 Å². The first kappa shape index (κ1) is 8.78. The van der Waals surface area contributed by atoms with Crippen LogP contribution in [0, 0.1) is 0 Å². The predicted octanol–water partition coefficient (Wildman–Crippen LogP) is 1.03. The van der Waals surface area contributed by atoms with Gasteiger partial charge < -0.3 is 4.98 Å². The summed E-state index contributed by atoms with van der Waals surface area (Å²) >= 11 is 0. The van der Waals surface area contributed by atoms with E-state index in [0.717, 1.165) is 11.8 Å². The zero-order valence-corrected chi connectivity index (χ0v) is 7.54. The number of nitrogens with one attached hydrogen (secondary N) is 1. The van der Waals surface area contributed by atoms with Gasteiger partial charge in [0.1, 0.15) is 0 Å². The molecule has 2 nitrogen and oxygen atoms in total. The molecular formula is C10H14N2. The summed E-state index contributed by atoms with van der Waals surface area (Å²) in [5, 5.41) is 2.27. The molecule has 0 atom stereocenters. The van der Waals surface area contributed by atoms with Crippen molar-refractivity contribution in [1.82, 2.24) is 4.98 Å². The third kappa shape index (κ3) is 2.09.